The highest BCUT2D eigenvalue weighted by Gasteiger charge is 2.14. The molecule has 2 N–H and O–H groups in total. The van der Waals surface area contributed by atoms with Crippen LogP contribution in [0.5, 0.6) is 0 Å². The smallest absolute Gasteiger partial charge is 0.251 e. The first-order valence-electron chi connectivity index (χ1n) is 6.38. The van der Waals surface area contributed by atoms with Gasteiger partial charge in [0.25, 0.3) is 5.91 Å². The molecule has 7 heteroatoms. The zero-order valence-corrected chi connectivity index (χ0v) is 12.9. The van der Waals surface area contributed by atoms with Gasteiger partial charge in [-0.25, -0.2) is 0 Å². The van der Waals surface area contributed by atoms with Crippen LogP contribution in [-0.2, 0) is 0 Å². The summed E-state index contributed by atoms with van der Waals surface area (Å²) in [6.45, 7) is 2.13. The first-order chi connectivity index (χ1) is 10.1. The third-order valence-corrected chi connectivity index (χ3v) is 4.85. The fourth-order valence-corrected chi connectivity index (χ4v) is 3.46. The van der Waals surface area contributed by atoms with Crippen molar-refractivity contribution in [2.45, 2.75) is 13.0 Å². The third kappa shape index (κ3) is 2.94. The van der Waals surface area contributed by atoms with Gasteiger partial charge in [-0.15, -0.1) is 11.3 Å². The maximum absolute atomic E-state index is 12.1. The summed E-state index contributed by atoms with van der Waals surface area (Å²) in [5.74, 6) is -0.224. The number of aliphatic hydroxyl groups is 1. The summed E-state index contributed by atoms with van der Waals surface area (Å²) in [6.07, 6.45) is -0.682. The van der Waals surface area contributed by atoms with Crippen LogP contribution in [0, 0.1) is 6.92 Å². The Bertz CT molecular complexity index is 781. The van der Waals surface area contributed by atoms with E-state index in [-0.39, 0.29) is 12.5 Å². The van der Waals surface area contributed by atoms with Crippen molar-refractivity contribution >= 4 is 40.0 Å². The number of aryl methyl sites for hydroxylation is 1. The molecule has 3 rings (SSSR count). The Balaban J connectivity index is 1.67. The first kappa shape index (κ1) is 14.1. The van der Waals surface area contributed by atoms with Crippen molar-refractivity contribution in [3.63, 3.8) is 0 Å². The van der Waals surface area contributed by atoms with Crippen molar-refractivity contribution in [2.75, 3.05) is 6.54 Å². The second kappa shape index (κ2) is 5.88. The van der Waals surface area contributed by atoms with Crippen LogP contribution in [0.1, 0.15) is 26.9 Å². The van der Waals surface area contributed by atoms with E-state index in [4.69, 9.17) is 0 Å². The Hall–Kier alpha value is -1.83. The number of aliphatic hydroxyl groups excluding tert-OH is 1. The average Bonchev–Trinajstić information content (AvgIpc) is 3.11. The molecule has 3 aromatic rings. The molecular formula is C14H13N3O2S2. The van der Waals surface area contributed by atoms with Gasteiger partial charge in [0.2, 0.25) is 0 Å². The number of carbonyl (C=O) groups excluding carboxylic acids is 1. The lowest BCUT2D eigenvalue weighted by Gasteiger charge is -2.11. The van der Waals surface area contributed by atoms with Crippen LogP contribution in [0.15, 0.2) is 29.6 Å². The summed E-state index contributed by atoms with van der Waals surface area (Å²) in [5.41, 5.74) is 3.05. The average molecular weight is 319 g/mol. The molecule has 0 saturated heterocycles. The molecule has 0 radical (unpaired) electrons. The molecular weight excluding hydrogens is 306 g/mol. The molecule has 0 aliphatic heterocycles. The van der Waals surface area contributed by atoms with Gasteiger partial charge in [-0.2, -0.15) is 8.75 Å². The van der Waals surface area contributed by atoms with Gasteiger partial charge in [-0.05, 0) is 42.1 Å². The van der Waals surface area contributed by atoms with Gasteiger partial charge in [0.1, 0.15) is 17.1 Å². The van der Waals surface area contributed by atoms with E-state index in [2.05, 4.69) is 14.1 Å². The van der Waals surface area contributed by atoms with E-state index in [0.717, 1.165) is 27.7 Å². The number of rotatable bonds is 4. The van der Waals surface area contributed by atoms with Crippen molar-refractivity contribution in [1.82, 2.24) is 14.1 Å². The van der Waals surface area contributed by atoms with Crippen LogP contribution in [0.25, 0.3) is 11.0 Å². The maximum atomic E-state index is 12.1. The van der Waals surface area contributed by atoms with Crippen LogP contribution in [0.3, 0.4) is 0 Å². The van der Waals surface area contributed by atoms with Crippen molar-refractivity contribution in [2.24, 2.45) is 0 Å². The number of thiophene rings is 1. The van der Waals surface area contributed by atoms with Crippen molar-refractivity contribution < 1.29 is 9.90 Å². The minimum absolute atomic E-state index is 0.188. The van der Waals surface area contributed by atoms with Crippen LogP contribution < -0.4 is 5.32 Å². The van der Waals surface area contributed by atoms with Gasteiger partial charge in [0, 0.05) is 17.0 Å². The van der Waals surface area contributed by atoms with Crippen molar-refractivity contribution in [3.05, 3.63) is 45.6 Å². The van der Waals surface area contributed by atoms with E-state index in [1.165, 1.54) is 11.3 Å². The standard InChI is InChI=1S/C14H13N3O2S2/c1-8-4-5-20-13(8)12(18)7-15-14(19)9-2-3-10-11(6-9)17-21-16-10/h2-6,12,18H,7H2,1H3,(H,15,19)/t12-/m1/s1. The van der Waals surface area contributed by atoms with Crippen molar-refractivity contribution in [1.29, 1.82) is 0 Å². The summed E-state index contributed by atoms with van der Waals surface area (Å²) in [7, 11) is 0. The summed E-state index contributed by atoms with van der Waals surface area (Å²) in [4.78, 5) is 13.0. The molecule has 0 unspecified atom stereocenters. The van der Waals surface area contributed by atoms with Gasteiger partial charge >= 0.3 is 0 Å². The number of amides is 1. The number of benzene rings is 1. The molecule has 0 aliphatic rings. The zero-order chi connectivity index (χ0) is 14.8. The normalized spacial score (nSPS) is 12.5. The van der Waals surface area contributed by atoms with E-state index < -0.39 is 6.10 Å². The van der Waals surface area contributed by atoms with E-state index in [0.29, 0.717) is 11.1 Å². The van der Waals surface area contributed by atoms with Gasteiger partial charge in [-0.3, -0.25) is 4.79 Å². The van der Waals surface area contributed by atoms with Crippen LogP contribution in [0.4, 0.5) is 0 Å². The Morgan fingerprint density at radius 3 is 2.90 bits per heavy atom. The van der Waals surface area contributed by atoms with E-state index in [1.54, 1.807) is 18.2 Å². The predicted molar refractivity (Wildman–Crippen MR) is 83.8 cm³/mol. The van der Waals surface area contributed by atoms with E-state index >= 15 is 0 Å². The molecule has 0 spiro atoms. The highest BCUT2D eigenvalue weighted by atomic mass is 32.1. The quantitative estimate of drug-likeness (QED) is 0.775. The second-order valence-corrected chi connectivity index (χ2v) is 6.14. The van der Waals surface area contributed by atoms with Gasteiger partial charge in [0.15, 0.2) is 0 Å². The van der Waals surface area contributed by atoms with Gasteiger partial charge in [0.05, 0.1) is 11.7 Å². The fraction of sp³-hybridized carbons (Fsp3) is 0.214. The molecule has 0 bridgehead atoms. The number of hydrogen-bond donors (Lipinski definition) is 2. The largest absolute Gasteiger partial charge is 0.386 e. The molecule has 1 atom stereocenters. The van der Waals surface area contributed by atoms with Crippen LogP contribution >= 0.6 is 23.1 Å². The molecule has 108 valence electrons. The lowest BCUT2D eigenvalue weighted by molar-refractivity contribution is 0.0918. The molecule has 0 saturated carbocycles. The second-order valence-electron chi connectivity index (χ2n) is 4.66. The number of nitrogens with zero attached hydrogens (tertiary/aromatic N) is 2. The lowest BCUT2D eigenvalue weighted by Crippen LogP contribution is -2.28. The monoisotopic (exact) mass is 319 g/mol. The Morgan fingerprint density at radius 2 is 2.14 bits per heavy atom. The molecule has 1 amide bonds. The summed E-state index contributed by atoms with van der Waals surface area (Å²) >= 11 is 2.61. The number of hydrogen-bond acceptors (Lipinski definition) is 6. The van der Waals surface area contributed by atoms with Gasteiger partial charge in [-0.1, -0.05) is 0 Å². The lowest BCUT2D eigenvalue weighted by atomic mass is 10.1. The summed E-state index contributed by atoms with van der Waals surface area (Å²) in [5, 5.41) is 14.8. The number of nitrogens with one attached hydrogen (secondary N) is 1. The number of carbonyl (C=O) groups is 1. The Labute approximate surface area is 129 Å². The molecule has 2 heterocycles. The maximum Gasteiger partial charge on any atom is 0.251 e. The minimum Gasteiger partial charge on any atom is -0.386 e. The van der Waals surface area contributed by atoms with E-state index in [9.17, 15) is 9.90 Å². The number of aromatic nitrogens is 2. The topological polar surface area (TPSA) is 75.1 Å². The van der Waals surface area contributed by atoms with Crippen LogP contribution in [-0.4, -0.2) is 26.3 Å². The molecule has 0 aliphatic carbocycles. The van der Waals surface area contributed by atoms with E-state index in [1.807, 2.05) is 18.4 Å². The molecule has 1 aromatic carbocycles. The Kier molecular flexibility index (Phi) is 3.96. The molecule has 2 aromatic heterocycles. The SMILES string of the molecule is Cc1ccsc1[C@H](O)CNC(=O)c1ccc2nsnc2c1. The zero-order valence-electron chi connectivity index (χ0n) is 11.2. The van der Waals surface area contributed by atoms with Gasteiger partial charge < -0.3 is 10.4 Å². The summed E-state index contributed by atoms with van der Waals surface area (Å²) in [6, 6.07) is 7.14. The molecule has 21 heavy (non-hydrogen) atoms. The highest BCUT2D eigenvalue weighted by Crippen LogP contribution is 2.23. The first-order valence-corrected chi connectivity index (χ1v) is 7.98. The Morgan fingerprint density at radius 1 is 1.33 bits per heavy atom. The summed E-state index contributed by atoms with van der Waals surface area (Å²) < 4.78 is 8.21. The number of fused-ring (bicyclic) bond motifs is 1. The third-order valence-electron chi connectivity index (χ3n) is 3.18. The fourth-order valence-electron chi connectivity index (χ4n) is 2.03. The highest BCUT2D eigenvalue weighted by molar-refractivity contribution is 7.10. The van der Waals surface area contributed by atoms with Crippen LogP contribution in [0.2, 0.25) is 0 Å². The molecule has 5 nitrogen and oxygen atoms in total. The predicted octanol–water partition coefficient (Wildman–Crippen LogP) is 2.52. The molecule has 0 fully saturated rings. The minimum atomic E-state index is -0.682. The van der Waals surface area contributed by atoms with Crippen molar-refractivity contribution in [3.8, 4) is 0 Å².